The van der Waals surface area contributed by atoms with Crippen LogP contribution in [0.4, 0.5) is 10.2 Å². The standard InChI is InChI=1S/C20H21FN6O2/c1-14-20(23-12-16-11-22-19-8-7-18(28-2)13-26(16)19)24-25-27(14)9-10-29-17-5-3-15(21)4-6-17/h3-8,11,13,23H,9-10,12H2,1-2H3. The van der Waals surface area contributed by atoms with Crippen LogP contribution in [-0.2, 0) is 13.1 Å². The molecule has 0 saturated heterocycles. The number of rotatable bonds is 8. The van der Waals surface area contributed by atoms with Gasteiger partial charge in [-0.25, -0.2) is 14.1 Å². The lowest BCUT2D eigenvalue weighted by atomic mass is 10.3. The predicted octanol–water partition coefficient (Wildman–Crippen LogP) is 3.07. The number of aromatic nitrogens is 5. The fourth-order valence-electron chi connectivity index (χ4n) is 2.95. The van der Waals surface area contributed by atoms with E-state index in [0.29, 0.717) is 31.3 Å². The van der Waals surface area contributed by atoms with E-state index in [1.807, 2.05) is 35.9 Å². The van der Waals surface area contributed by atoms with E-state index in [1.54, 1.807) is 23.9 Å². The van der Waals surface area contributed by atoms with Crippen molar-refractivity contribution in [1.29, 1.82) is 0 Å². The minimum absolute atomic E-state index is 0.287. The van der Waals surface area contributed by atoms with E-state index in [9.17, 15) is 4.39 Å². The van der Waals surface area contributed by atoms with Crippen molar-refractivity contribution in [3.63, 3.8) is 0 Å². The van der Waals surface area contributed by atoms with Crippen molar-refractivity contribution in [3.8, 4) is 11.5 Å². The highest BCUT2D eigenvalue weighted by Gasteiger charge is 2.10. The van der Waals surface area contributed by atoms with Crippen LogP contribution in [0, 0.1) is 12.7 Å². The lowest BCUT2D eigenvalue weighted by molar-refractivity contribution is 0.288. The van der Waals surface area contributed by atoms with Gasteiger partial charge in [-0.3, -0.25) is 4.40 Å². The Morgan fingerprint density at radius 1 is 1.10 bits per heavy atom. The van der Waals surface area contributed by atoms with Crippen molar-refractivity contribution in [2.75, 3.05) is 19.0 Å². The molecule has 150 valence electrons. The molecule has 1 N–H and O–H groups in total. The molecule has 0 unspecified atom stereocenters. The third-order valence-electron chi connectivity index (χ3n) is 4.60. The van der Waals surface area contributed by atoms with E-state index in [0.717, 1.165) is 22.8 Å². The smallest absolute Gasteiger partial charge is 0.171 e. The van der Waals surface area contributed by atoms with E-state index in [4.69, 9.17) is 9.47 Å². The fraction of sp³-hybridized carbons (Fsp3) is 0.250. The molecule has 4 aromatic rings. The molecule has 29 heavy (non-hydrogen) atoms. The Labute approximate surface area is 166 Å². The summed E-state index contributed by atoms with van der Waals surface area (Å²) in [6.07, 6.45) is 3.72. The van der Waals surface area contributed by atoms with E-state index in [2.05, 4.69) is 20.6 Å². The number of nitrogens with one attached hydrogen (secondary N) is 1. The van der Waals surface area contributed by atoms with Gasteiger partial charge in [-0.1, -0.05) is 5.21 Å². The molecule has 0 amide bonds. The third-order valence-corrected chi connectivity index (χ3v) is 4.60. The molecule has 4 rings (SSSR count). The summed E-state index contributed by atoms with van der Waals surface area (Å²) in [6, 6.07) is 9.72. The Morgan fingerprint density at radius 2 is 1.90 bits per heavy atom. The monoisotopic (exact) mass is 396 g/mol. The van der Waals surface area contributed by atoms with Crippen LogP contribution in [-0.4, -0.2) is 38.1 Å². The van der Waals surface area contributed by atoms with Crippen molar-refractivity contribution >= 4 is 11.5 Å². The molecule has 8 nitrogen and oxygen atoms in total. The number of fused-ring (bicyclic) bond motifs is 1. The summed E-state index contributed by atoms with van der Waals surface area (Å²) in [4.78, 5) is 4.39. The second kappa shape index (κ2) is 8.17. The van der Waals surface area contributed by atoms with Crippen LogP contribution in [0.5, 0.6) is 11.5 Å². The summed E-state index contributed by atoms with van der Waals surface area (Å²) in [6.45, 7) is 3.42. The number of nitrogens with zero attached hydrogens (tertiary/aromatic N) is 5. The number of benzene rings is 1. The Kier molecular flexibility index (Phi) is 5.28. The molecule has 0 radical (unpaired) electrons. The van der Waals surface area contributed by atoms with Gasteiger partial charge < -0.3 is 14.8 Å². The minimum Gasteiger partial charge on any atom is -0.495 e. The molecule has 3 aromatic heterocycles. The van der Waals surface area contributed by atoms with Gasteiger partial charge in [0.1, 0.15) is 29.6 Å². The average molecular weight is 396 g/mol. The molecular formula is C20H21FN6O2. The number of pyridine rings is 1. The maximum Gasteiger partial charge on any atom is 0.171 e. The quantitative estimate of drug-likeness (QED) is 0.493. The summed E-state index contributed by atoms with van der Waals surface area (Å²) < 4.78 is 27.6. The van der Waals surface area contributed by atoms with Gasteiger partial charge in [-0.05, 0) is 43.3 Å². The van der Waals surface area contributed by atoms with Crippen LogP contribution in [0.1, 0.15) is 11.4 Å². The van der Waals surface area contributed by atoms with Gasteiger partial charge in [0.2, 0.25) is 0 Å². The molecule has 0 aliphatic carbocycles. The van der Waals surface area contributed by atoms with Crippen molar-refractivity contribution < 1.29 is 13.9 Å². The fourth-order valence-corrected chi connectivity index (χ4v) is 2.95. The Hall–Kier alpha value is -3.62. The van der Waals surface area contributed by atoms with Gasteiger partial charge in [0.25, 0.3) is 0 Å². The zero-order chi connectivity index (χ0) is 20.2. The van der Waals surface area contributed by atoms with Crippen LogP contribution < -0.4 is 14.8 Å². The Bertz CT molecular complexity index is 1110. The third kappa shape index (κ3) is 4.13. The van der Waals surface area contributed by atoms with Gasteiger partial charge in [0.15, 0.2) is 5.82 Å². The SMILES string of the molecule is COc1ccc2ncc(CNc3nnn(CCOc4ccc(F)cc4)c3C)n2c1. The summed E-state index contributed by atoms with van der Waals surface area (Å²) >= 11 is 0. The first-order valence-corrected chi connectivity index (χ1v) is 9.16. The number of imidazole rings is 1. The van der Waals surface area contributed by atoms with Crippen LogP contribution in [0.2, 0.25) is 0 Å². The lowest BCUT2D eigenvalue weighted by Crippen LogP contribution is -2.11. The highest BCUT2D eigenvalue weighted by Crippen LogP contribution is 2.17. The first-order chi connectivity index (χ1) is 14.1. The molecule has 1 aromatic carbocycles. The van der Waals surface area contributed by atoms with Gasteiger partial charge >= 0.3 is 0 Å². The summed E-state index contributed by atoms with van der Waals surface area (Å²) in [5.74, 6) is 1.79. The average Bonchev–Trinajstić information content (AvgIpc) is 3.31. The van der Waals surface area contributed by atoms with Gasteiger partial charge in [-0.2, -0.15) is 0 Å². The zero-order valence-corrected chi connectivity index (χ0v) is 16.2. The number of halogens is 1. The Morgan fingerprint density at radius 3 is 2.69 bits per heavy atom. The molecule has 0 aliphatic rings. The van der Waals surface area contributed by atoms with Crippen LogP contribution in [0.3, 0.4) is 0 Å². The molecule has 0 fully saturated rings. The predicted molar refractivity (Wildman–Crippen MR) is 106 cm³/mol. The van der Waals surface area contributed by atoms with Crippen molar-refractivity contribution in [2.24, 2.45) is 0 Å². The molecular weight excluding hydrogens is 375 g/mol. The molecule has 0 aliphatic heterocycles. The second-order valence-corrected chi connectivity index (χ2v) is 6.45. The first-order valence-electron chi connectivity index (χ1n) is 9.16. The van der Waals surface area contributed by atoms with E-state index < -0.39 is 0 Å². The summed E-state index contributed by atoms with van der Waals surface area (Å²) in [5, 5.41) is 11.7. The van der Waals surface area contributed by atoms with Crippen LogP contribution in [0.25, 0.3) is 5.65 Å². The largest absolute Gasteiger partial charge is 0.495 e. The number of ether oxygens (including phenoxy) is 2. The van der Waals surface area contributed by atoms with Crippen LogP contribution in [0.15, 0.2) is 48.8 Å². The zero-order valence-electron chi connectivity index (χ0n) is 16.2. The van der Waals surface area contributed by atoms with Gasteiger partial charge in [-0.15, -0.1) is 5.10 Å². The number of methoxy groups -OCH3 is 1. The Balaban J connectivity index is 1.37. The maximum atomic E-state index is 12.9. The number of anilines is 1. The molecule has 0 saturated carbocycles. The van der Waals surface area contributed by atoms with E-state index in [-0.39, 0.29) is 5.82 Å². The normalized spacial score (nSPS) is 11.0. The minimum atomic E-state index is -0.287. The van der Waals surface area contributed by atoms with Gasteiger partial charge in [0, 0.05) is 0 Å². The maximum absolute atomic E-state index is 12.9. The second-order valence-electron chi connectivity index (χ2n) is 6.45. The van der Waals surface area contributed by atoms with E-state index in [1.165, 1.54) is 12.1 Å². The van der Waals surface area contributed by atoms with Crippen molar-refractivity contribution in [3.05, 3.63) is 66.0 Å². The number of hydrogen-bond acceptors (Lipinski definition) is 6. The molecule has 3 heterocycles. The highest BCUT2D eigenvalue weighted by molar-refractivity contribution is 5.45. The van der Waals surface area contributed by atoms with Crippen LogP contribution >= 0.6 is 0 Å². The molecule has 0 atom stereocenters. The van der Waals surface area contributed by atoms with Gasteiger partial charge in [0.05, 0.1) is 44.0 Å². The molecule has 0 bridgehead atoms. The molecule has 9 heteroatoms. The topological polar surface area (TPSA) is 78.5 Å². The summed E-state index contributed by atoms with van der Waals surface area (Å²) in [5.41, 5.74) is 2.73. The summed E-state index contributed by atoms with van der Waals surface area (Å²) in [7, 11) is 1.64. The van der Waals surface area contributed by atoms with E-state index >= 15 is 0 Å². The van der Waals surface area contributed by atoms with Crippen molar-refractivity contribution in [2.45, 2.75) is 20.0 Å². The lowest BCUT2D eigenvalue weighted by Gasteiger charge is -2.08. The first kappa shape index (κ1) is 18.7. The highest BCUT2D eigenvalue weighted by atomic mass is 19.1. The molecule has 0 spiro atoms. The van der Waals surface area contributed by atoms with Crippen molar-refractivity contribution in [1.82, 2.24) is 24.4 Å². The number of hydrogen-bond donors (Lipinski definition) is 1.